The second-order valence-electron chi connectivity index (χ2n) is 6.77. The molecule has 0 bridgehead atoms. The van der Waals surface area contributed by atoms with E-state index < -0.39 is 5.91 Å². The van der Waals surface area contributed by atoms with Crippen molar-refractivity contribution in [1.29, 1.82) is 0 Å². The number of primary amides is 1. The molecule has 2 aromatic rings. The Morgan fingerprint density at radius 1 is 1.35 bits per heavy atom. The van der Waals surface area contributed by atoms with Crippen LogP contribution in [0.4, 0.5) is 0 Å². The lowest BCUT2D eigenvalue weighted by molar-refractivity contribution is -0.0659. The molecule has 0 spiro atoms. The van der Waals surface area contributed by atoms with Crippen LogP contribution in [0.5, 0.6) is 5.75 Å². The van der Waals surface area contributed by atoms with Crippen LogP contribution in [0.25, 0.3) is 0 Å². The molecule has 0 saturated carbocycles. The van der Waals surface area contributed by atoms with Crippen LogP contribution in [0.3, 0.4) is 0 Å². The molecular weight excluding hydrogens is 334 g/mol. The average molecular weight is 357 g/mol. The van der Waals surface area contributed by atoms with E-state index in [0.717, 1.165) is 43.9 Å². The van der Waals surface area contributed by atoms with E-state index >= 15 is 0 Å². The Kier molecular flexibility index (Phi) is 4.85. The molecule has 0 radical (unpaired) electrons. The number of nitrogens with zero attached hydrogens (tertiary/aromatic N) is 4. The number of ether oxygens (including phenoxy) is 2. The molecule has 2 aliphatic rings. The van der Waals surface area contributed by atoms with Gasteiger partial charge in [-0.2, -0.15) is 0 Å². The first-order chi connectivity index (χ1) is 12.7. The van der Waals surface area contributed by atoms with Crippen molar-refractivity contribution in [2.24, 2.45) is 5.73 Å². The molecule has 138 valence electrons. The van der Waals surface area contributed by atoms with Crippen molar-refractivity contribution in [3.05, 3.63) is 41.7 Å². The van der Waals surface area contributed by atoms with Gasteiger partial charge in [-0.15, -0.1) is 5.10 Å². The lowest BCUT2D eigenvalue weighted by Crippen LogP contribution is -2.48. The van der Waals surface area contributed by atoms with Crippen molar-refractivity contribution in [3.63, 3.8) is 0 Å². The summed E-state index contributed by atoms with van der Waals surface area (Å²) in [6.07, 6.45) is 3.96. The Morgan fingerprint density at radius 3 is 3.00 bits per heavy atom. The monoisotopic (exact) mass is 357 g/mol. The Bertz CT molecular complexity index is 760. The van der Waals surface area contributed by atoms with Crippen molar-refractivity contribution in [2.45, 2.75) is 31.6 Å². The normalized spacial score (nSPS) is 22.5. The van der Waals surface area contributed by atoms with Gasteiger partial charge in [0, 0.05) is 25.2 Å². The summed E-state index contributed by atoms with van der Waals surface area (Å²) in [4.78, 5) is 13.5. The van der Waals surface area contributed by atoms with Crippen molar-refractivity contribution in [3.8, 4) is 5.75 Å². The van der Waals surface area contributed by atoms with Gasteiger partial charge < -0.3 is 20.1 Å². The summed E-state index contributed by atoms with van der Waals surface area (Å²) in [5, 5.41) is 8.24. The van der Waals surface area contributed by atoms with Crippen molar-refractivity contribution in [1.82, 2.24) is 19.9 Å². The minimum absolute atomic E-state index is 0.237. The molecule has 1 aromatic heterocycles. The standard InChI is InChI=1S/C18H23N5O3/c19-18(24)13-2-4-15(5-3-13)25-9-1-7-22-8-6-17-16(11-22)23-14(12-26-17)10-20-21-23/h2-5,10,16-17H,1,6-9,11-12H2,(H2,19,24)/t16-,17+/m0/s1. The number of aromatic nitrogens is 3. The topological polar surface area (TPSA) is 95.5 Å². The Morgan fingerprint density at radius 2 is 2.19 bits per heavy atom. The fourth-order valence-electron chi connectivity index (χ4n) is 3.64. The minimum atomic E-state index is -0.429. The molecule has 2 atom stereocenters. The minimum Gasteiger partial charge on any atom is -0.494 e. The van der Waals surface area contributed by atoms with E-state index in [9.17, 15) is 4.79 Å². The largest absolute Gasteiger partial charge is 0.494 e. The van der Waals surface area contributed by atoms with Gasteiger partial charge in [-0.3, -0.25) is 4.79 Å². The molecule has 2 aliphatic heterocycles. The molecule has 0 aliphatic carbocycles. The van der Waals surface area contributed by atoms with Gasteiger partial charge >= 0.3 is 0 Å². The average Bonchev–Trinajstić information content (AvgIpc) is 3.15. The lowest BCUT2D eigenvalue weighted by Gasteiger charge is -2.41. The van der Waals surface area contributed by atoms with Crippen LogP contribution in [0.1, 0.15) is 34.9 Å². The third kappa shape index (κ3) is 3.56. The molecule has 1 saturated heterocycles. The molecule has 4 rings (SSSR count). The van der Waals surface area contributed by atoms with Crippen molar-refractivity contribution < 1.29 is 14.3 Å². The quantitative estimate of drug-likeness (QED) is 0.775. The Labute approximate surface area is 151 Å². The summed E-state index contributed by atoms with van der Waals surface area (Å²) >= 11 is 0. The van der Waals surface area contributed by atoms with Crippen LogP contribution in [-0.4, -0.2) is 58.1 Å². The summed E-state index contributed by atoms with van der Waals surface area (Å²) < 4.78 is 13.7. The maximum atomic E-state index is 11.1. The Hall–Kier alpha value is -2.45. The van der Waals surface area contributed by atoms with E-state index in [1.54, 1.807) is 30.5 Å². The summed E-state index contributed by atoms with van der Waals surface area (Å²) in [7, 11) is 0. The fourth-order valence-corrected chi connectivity index (χ4v) is 3.64. The lowest BCUT2D eigenvalue weighted by atomic mass is 10.0. The number of hydrogen-bond donors (Lipinski definition) is 1. The highest BCUT2D eigenvalue weighted by molar-refractivity contribution is 5.92. The van der Waals surface area contributed by atoms with Crippen LogP contribution in [0.15, 0.2) is 30.5 Å². The van der Waals surface area contributed by atoms with Gasteiger partial charge in [0.05, 0.1) is 37.3 Å². The number of amides is 1. The summed E-state index contributed by atoms with van der Waals surface area (Å²) in [6.45, 7) is 4.15. The van der Waals surface area contributed by atoms with Crippen LogP contribution in [-0.2, 0) is 11.3 Å². The fraction of sp³-hybridized carbons (Fsp3) is 0.500. The van der Waals surface area contributed by atoms with E-state index in [1.165, 1.54) is 0 Å². The number of nitrogens with two attached hydrogens (primary N) is 1. The number of benzene rings is 1. The summed E-state index contributed by atoms with van der Waals surface area (Å²) in [6, 6.07) is 7.16. The summed E-state index contributed by atoms with van der Waals surface area (Å²) in [5.41, 5.74) is 6.77. The number of carbonyl (C=O) groups is 1. The second kappa shape index (κ2) is 7.43. The van der Waals surface area contributed by atoms with Crippen LogP contribution < -0.4 is 10.5 Å². The van der Waals surface area contributed by atoms with Crippen molar-refractivity contribution in [2.75, 3.05) is 26.2 Å². The van der Waals surface area contributed by atoms with E-state index in [0.29, 0.717) is 18.8 Å². The first kappa shape index (κ1) is 17.0. The molecule has 1 amide bonds. The van der Waals surface area contributed by atoms with Gasteiger partial charge in [0.1, 0.15) is 5.75 Å². The molecular formula is C18H23N5O3. The number of carbonyl (C=O) groups excluding carboxylic acids is 1. The van der Waals surface area contributed by atoms with E-state index in [2.05, 4.69) is 15.2 Å². The predicted molar refractivity (Wildman–Crippen MR) is 93.8 cm³/mol. The number of likely N-dealkylation sites (tertiary alicyclic amines) is 1. The molecule has 8 nitrogen and oxygen atoms in total. The molecule has 8 heteroatoms. The molecule has 1 aromatic carbocycles. The third-order valence-electron chi connectivity index (χ3n) is 5.04. The van der Waals surface area contributed by atoms with Gasteiger partial charge in [0.2, 0.25) is 5.91 Å². The van der Waals surface area contributed by atoms with Crippen LogP contribution >= 0.6 is 0 Å². The number of piperidine rings is 1. The molecule has 1 fully saturated rings. The second-order valence-corrected chi connectivity index (χ2v) is 6.77. The molecule has 3 heterocycles. The SMILES string of the molecule is NC(=O)c1ccc(OCCCN2CC[C@H]3OCc4cnnn4[C@H]3C2)cc1. The van der Waals surface area contributed by atoms with Gasteiger partial charge in [0.15, 0.2) is 0 Å². The van der Waals surface area contributed by atoms with Crippen LogP contribution in [0, 0.1) is 0 Å². The number of rotatable bonds is 6. The first-order valence-corrected chi connectivity index (χ1v) is 8.96. The zero-order valence-electron chi connectivity index (χ0n) is 14.6. The van der Waals surface area contributed by atoms with E-state index in [1.807, 2.05) is 4.68 Å². The highest BCUT2D eigenvalue weighted by Crippen LogP contribution is 2.29. The number of fused-ring (bicyclic) bond motifs is 3. The maximum absolute atomic E-state index is 11.1. The highest BCUT2D eigenvalue weighted by Gasteiger charge is 2.36. The number of hydrogen-bond acceptors (Lipinski definition) is 6. The Balaban J connectivity index is 1.24. The third-order valence-corrected chi connectivity index (χ3v) is 5.04. The van der Waals surface area contributed by atoms with Gasteiger partial charge in [-0.05, 0) is 37.1 Å². The summed E-state index contributed by atoms with van der Waals surface area (Å²) in [5.74, 6) is 0.323. The zero-order valence-corrected chi connectivity index (χ0v) is 14.6. The predicted octanol–water partition coefficient (Wildman–Crippen LogP) is 0.992. The van der Waals surface area contributed by atoms with Gasteiger partial charge in [-0.1, -0.05) is 5.21 Å². The van der Waals surface area contributed by atoms with E-state index in [-0.39, 0.29) is 12.1 Å². The molecule has 0 unspecified atom stereocenters. The highest BCUT2D eigenvalue weighted by atomic mass is 16.5. The smallest absolute Gasteiger partial charge is 0.248 e. The maximum Gasteiger partial charge on any atom is 0.248 e. The van der Waals surface area contributed by atoms with E-state index in [4.69, 9.17) is 15.2 Å². The molecule has 26 heavy (non-hydrogen) atoms. The zero-order chi connectivity index (χ0) is 17.9. The van der Waals surface area contributed by atoms with Crippen LogP contribution in [0.2, 0.25) is 0 Å². The van der Waals surface area contributed by atoms with Gasteiger partial charge in [-0.25, -0.2) is 4.68 Å². The first-order valence-electron chi connectivity index (χ1n) is 8.96. The molecule has 2 N–H and O–H groups in total. The van der Waals surface area contributed by atoms with Gasteiger partial charge in [0.25, 0.3) is 0 Å². The van der Waals surface area contributed by atoms with Crippen molar-refractivity contribution >= 4 is 5.91 Å².